The second-order valence-electron chi connectivity index (χ2n) is 5.26. The van der Waals surface area contributed by atoms with Gasteiger partial charge in [-0.25, -0.2) is 0 Å². The molecule has 3 heterocycles. The first-order valence-electron chi connectivity index (χ1n) is 7.37. The highest BCUT2D eigenvalue weighted by atomic mass is 16.2. The quantitative estimate of drug-likeness (QED) is 0.911. The molecule has 0 aliphatic carbocycles. The fourth-order valence-corrected chi connectivity index (χ4v) is 2.63. The molecular weight excluding hydrogens is 280 g/mol. The van der Waals surface area contributed by atoms with Gasteiger partial charge in [-0.3, -0.25) is 14.6 Å². The van der Waals surface area contributed by atoms with Crippen LogP contribution >= 0.6 is 0 Å². The zero-order chi connectivity index (χ0) is 15.4. The smallest absolute Gasteiger partial charge is 0.270 e. The molecule has 1 aliphatic rings. The summed E-state index contributed by atoms with van der Waals surface area (Å²) in [4.78, 5) is 35.3. The van der Waals surface area contributed by atoms with Crippen LogP contribution in [0.5, 0.6) is 0 Å². The molecule has 0 spiro atoms. The molecule has 0 radical (unpaired) electrons. The Bertz CT molecular complexity index is 639. The minimum atomic E-state index is -0.0257. The van der Waals surface area contributed by atoms with Crippen molar-refractivity contribution in [3.8, 4) is 0 Å². The van der Waals surface area contributed by atoms with E-state index in [2.05, 4.69) is 9.97 Å². The molecule has 114 valence electrons. The van der Waals surface area contributed by atoms with Gasteiger partial charge in [-0.15, -0.1) is 0 Å². The maximum absolute atomic E-state index is 12.4. The molecular formula is C16H18N4O2. The van der Waals surface area contributed by atoms with Crippen LogP contribution in [0, 0.1) is 0 Å². The molecule has 2 aromatic heterocycles. The van der Waals surface area contributed by atoms with E-state index >= 15 is 0 Å². The predicted octanol–water partition coefficient (Wildman–Crippen LogP) is 1.40. The van der Waals surface area contributed by atoms with Gasteiger partial charge in [-0.1, -0.05) is 0 Å². The van der Waals surface area contributed by atoms with E-state index in [0.717, 1.165) is 6.42 Å². The minimum absolute atomic E-state index is 0.0133. The van der Waals surface area contributed by atoms with Gasteiger partial charge < -0.3 is 14.8 Å². The number of carbonyl (C=O) groups is 2. The van der Waals surface area contributed by atoms with E-state index in [-0.39, 0.29) is 11.8 Å². The van der Waals surface area contributed by atoms with Crippen LogP contribution in [0.25, 0.3) is 0 Å². The summed E-state index contributed by atoms with van der Waals surface area (Å²) in [6.45, 7) is 2.40. The minimum Gasteiger partial charge on any atom is -0.357 e. The number of nitrogens with zero attached hydrogens (tertiary/aromatic N) is 3. The molecule has 0 aromatic carbocycles. The van der Waals surface area contributed by atoms with Crippen LogP contribution in [0.1, 0.15) is 27.3 Å². The van der Waals surface area contributed by atoms with E-state index in [0.29, 0.717) is 37.4 Å². The second kappa shape index (κ2) is 6.43. The van der Waals surface area contributed by atoms with Crippen molar-refractivity contribution in [3.63, 3.8) is 0 Å². The van der Waals surface area contributed by atoms with Gasteiger partial charge in [-0.2, -0.15) is 0 Å². The third-order valence-electron chi connectivity index (χ3n) is 3.81. The zero-order valence-electron chi connectivity index (χ0n) is 12.2. The lowest BCUT2D eigenvalue weighted by Gasteiger charge is -2.21. The van der Waals surface area contributed by atoms with E-state index in [1.165, 1.54) is 0 Å². The van der Waals surface area contributed by atoms with Crippen LogP contribution < -0.4 is 0 Å². The molecule has 22 heavy (non-hydrogen) atoms. The van der Waals surface area contributed by atoms with Crippen molar-refractivity contribution in [2.75, 3.05) is 26.2 Å². The number of amides is 2. The molecule has 1 saturated heterocycles. The van der Waals surface area contributed by atoms with Gasteiger partial charge in [0.2, 0.25) is 0 Å². The predicted molar refractivity (Wildman–Crippen MR) is 81.5 cm³/mol. The van der Waals surface area contributed by atoms with Crippen LogP contribution in [0.4, 0.5) is 0 Å². The summed E-state index contributed by atoms with van der Waals surface area (Å²) in [5.74, 6) is -0.0389. The highest BCUT2D eigenvalue weighted by molar-refractivity contribution is 5.94. The normalized spacial score (nSPS) is 15.5. The Morgan fingerprint density at radius 2 is 1.77 bits per heavy atom. The number of hydrogen-bond donors (Lipinski definition) is 1. The number of hydrogen-bond acceptors (Lipinski definition) is 3. The number of aromatic nitrogens is 2. The van der Waals surface area contributed by atoms with Gasteiger partial charge in [0.1, 0.15) is 5.69 Å². The first-order valence-corrected chi connectivity index (χ1v) is 7.37. The van der Waals surface area contributed by atoms with Gasteiger partial charge in [-0.05, 0) is 30.7 Å². The Hall–Kier alpha value is -2.63. The van der Waals surface area contributed by atoms with Crippen LogP contribution in [-0.2, 0) is 0 Å². The van der Waals surface area contributed by atoms with Crippen LogP contribution in [0.3, 0.4) is 0 Å². The highest BCUT2D eigenvalue weighted by Crippen LogP contribution is 2.11. The molecule has 0 bridgehead atoms. The largest absolute Gasteiger partial charge is 0.357 e. The van der Waals surface area contributed by atoms with Crippen molar-refractivity contribution in [1.82, 2.24) is 19.8 Å². The molecule has 2 amide bonds. The standard InChI is InChI=1S/C16H18N4O2/c21-15(13-4-1-6-17-12-13)19-8-3-9-20(11-10-19)16(22)14-5-2-7-18-14/h1-2,4-7,12,18H,3,8-11H2. The van der Waals surface area contributed by atoms with Crippen LogP contribution in [0.2, 0.25) is 0 Å². The maximum Gasteiger partial charge on any atom is 0.270 e. The maximum atomic E-state index is 12.4. The Morgan fingerprint density at radius 3 is 2.41 bits per heavy atom. The van der Waals surface area contributed by atoms with E-state index in [4.69, 9.17) is 0 Å². The number of nitrogens with one attached hydrogen (secondary N) is 1. The molecule has 1 aliphatic heterocycles. The fraction of sp³-hybridized carbons (Fsp3) is 0.312. The van der Waals surface area contributed by atoms with Gasteiger partial charge in [0.15, 0.2) is 0 Å². The highest BCUT2D eigenvalue weighted by Gasteiger charge is 2.23. The molecule has 1 N–H and O–H groups in total. The molecule has 0 atom stereocenters. The average Bonchev–Trinajstić information content (AvgIpc) is 2.99. The Morgan fingerprint density at radius 1 is 1.00 bits per heavy atom. The molecule has 0 unspecified atom stereocenters. The summed E-state index contributed by atoms with van der Waals surface area (Å²) in [6.07, 6.45) is 5.74. The van der Waals surface area contributed by atoms with Crippen molar-refractivity contribution < 1.29 is 9.59 Å². The lowest BCUT2D eigenvalue weighted by molar-refractivity contribution is 0.0716. The Labute approximate surface area is 128 Å². The molecule has 2 aromatic rings. The van der Waals surface area contributed by atoms with Crippen LogP contribution in [0.15, 0.2) is 42.9 Å². The van der Waals surface area contributed by atoms with Gasteiger partial charge >= 0.3 is 0 Å². The first kappa shape index (κ1) is 14.3. The van der Waals surface area contributed by atoms with Crippen molar-refractivity contribution >= 4 is 11.8 Å². The van der Waals surface area contributed by atoms with E-state index in [9.17, 15) is 9.59 Å². The van der Waals surface area contributed by atoms with Gasteiger partial charge in [0, 0.05) is 44.8 Å². The number of H-pyrrole nitrogens is 1. The monoisotopic (exact) mass is 298 g/mol. The summed E-state index contributed by atoms with van der Waals surface area (Å²) in [5, 5.41) is 0. The Kier molecular flexibility index (Phi) is 4.18. The zero-order valence-corrected chi connectivity index (χ0v) is 12.2. The van der Waals surface area contributed by atoms with Crippen LogP contribution in [-0.4, -0.2) is 57.8 Å². The summed E-state index contributed by atoms with van der Waals surface area (Å²) in [6, 6.07) is 7.10. The lowest BCUT2D eigenvalue weighted by Crippen LogP contribution is -2.37. The number of carbonyl (C=O) groups excluding carboxylic acids is 2. The summed E-state index contributed by atoms with van der Waals surface area (Å²) < 4.78 is 0. The van der Waals surface area contributed by atoms with Crippen molar-refractivity contribution in [2.45, 2.75) is 6.42 Å². The molecule has 6 nitrogen and oxygen atoms in total. The summed E-state index contributed by atoms with van der Waals surface area (Å²) in [5.41, 5.74) is 1.18. The fourth-order valence-electron chi connectivity index (χ4n) is 2.63. The number of rotatable bonds is 2. The van der Waals surface area contributed by atoms with Crippen molar-refractivity contribution in [1.29, 1.82) is 0 Å². The molecule has 1 fully saturated rings. The van der Waals surface area contributed by atoms with Gasteiger partial charge in [0.25, 0.3) is 11.8 Å². The van der Waals surface area contributed by atoms with Crippen molar-refractivity contribution in [3.05, 3.63) is 54.1 Å². The summed E-state index contributed by atoms with van der Waals surface area (Å²) in [7, 11) is 0. The Balaban J connectivity index is 1.65. The van der Waals surface area contributed by atoms with E-state index in [1.807, 2.05) is 6.07 Å². The third-order valence-corrected chi connectivity index (χ3v) is 3.81. The molecule has 0 saturated carbocycles. The molecule has 3 rings (SSSR count). The number of aromatic amines is 1. The third kappa shape index (κ3) is 3.00. The number of pyridine rings is 1. The van der Waals surface area contributed by atoms with E-state index < -0.39 is 0 Å². The van der Waals surface area contributed by atoms with Gasteiger partial charge in [0.05, 0.1) is 5.56 Å². The van der Waals surface area contributed by atoms with E-state index in [1.54, 1.807) is 46.6 Å². The summed E-state index contributed by atoms with van der Waals surface area (Å²) >= 11 is 0. The second-order valence-corrected chi connectivity index (χ2v) is 5.26. The van der Waals surface area contributed by atoms with Crippen molar-refractivity contribution in [2.24, 2.45) is 0 Å². The topological polar surface area (TPSA) is 69.3 Å². The SMILES string of the molecule is O=C(c1cccnc1)N1CCCN(C(=O)c2ccc[nH]2)CC1. The average molecular weight is 298 g/mol. The lowest BCUT2D eigenvalue weighted by atomic mass is 10.2. The molecule has 6 heteroatoms. The first-order chi connectivity index (χ1) is 10.8.